The molecule has 0 unspecified atom stereocenters. The first-order valence-electron chi connectivity index (χ1n) is 5.73. The summed E-state index contributed by atoms with van der Waals surface area (Å²) < 4.78 is 26.5. The molecule has 0 atom stereocenters. The van der Waals surface area contributed by atoms with E-state index in [1.54, 1.807) is 19.1 Å². The number of aromatic nitrogens is 2. The highest BCUT2D eigenvalue weighted by Crippen LogP contribution is 2.12. The minimum absolute atomic E-state index is 0.184. The van der Waals surface area contributed by atoms with Crippen LogP contribution in [0.15, 0.2) is 35.4 Å². The zero-order chi connectivity index (χ0) is 13.9. The van der Waals surface area contributed by atoms with E-state index in [1.165, 1.54) is 6.20 Å². The minimum atomic E-state index is -3.50. The predicted octanol–water partition coefficient (Wildman–Crippen LogP) is 1.89. The van der Waals surface area contributed by atoms with Crippen LogP contribution in [0.5, 0.6) is 0 Å². The van der Waals surface area contributed by atoms with E-state index in [0.29, 0.717) is 23.7 Å². The van der Waals surface area contributed by atoms with Crippen LogP contribution in [0.4, 0.5) is 0 Å². The molecule has 0 saturated heterocycles. The third kappa shape index (κ3) is 3.56. The van der Waals surface area contributed by atoms with Gasteiger partial charge in [-0.3, -0.25) is 5.10 Å². The highest BCUT2D eigenvalue weighted by atomic mass is 35.5. The number of aromatic amines is 1. The number of benzene rings is 1. The van der Waals surface area contributed by atoms with Crippen LogP contribution in [0.2, 0.25) is 5.02 Å². The molecule has 0 saturated carbocycles. The van der Waals surface area contributed by atoms with Crippen molar-refractivity contribution in [2.75, 3.05) is 6.54 Å². The van der Waals surface area contributed by atoms with Gasteiger partial charge in [-0.15, -0.1) is 0 Å². The van der Waals surface area contributed by atoms with Crippen molar-refractivity contribution in [2.24, 2.45) is 0 Å². The van der Waals surface area contributed by atoms with Crippen LogP contribution in [-0.2, 0) is 16.4 Å². The third-order valence-electron chi connectivity index (χ3n) is 2.69. The van der Waals surface area contributed by atoms with Crippen LogP contribution < -0.4 is 4.72 Å². The molecule has 5 nitrogen and oxygen atoms in total. The van der Waals surface area contributed by atoms with Crippen molar-refractivity contribution < 1.29 is 8.42 Å². The van der Waals surface area contributed by atoms with Crippen molar-refractivity contribution in [1.29, 1.82) is 0 Å². The normalized spacial score (nSPS) is 11.7. The van der Waals surface area contributed by atoms with Crippen molar-refractivity contribution >= 4 is 21.6 Å². The highest BCUT2D eigenvalue weighted by molar-refractivity contribution is 7.89. The number of hydrogen-bond acceptors (Lipinski definition) is 3. The molecule has 102 valence electrons. The molecule has 2 N–H and O–H groups in total. The van der Waals surface area contributed by atoms with Gasteiger partial charge in [0.2, 0.25) is 10.0 Å². The molecular weight excluding hydrogens is 286 g/mol. The van der Waals surface area contributed by atoms with E-state index in [2.05, 4.69) is 14.9 Å². The summed E-state index contributed by atoms with van der Waals surface area (Å²) in [6.07, 6.45) is 1.91. The van der Waals surface area contributed by atoms with Gasteiger partial charge < -0.3 is 0 Å². The molecular formula is C12H14ClN3O2S. The van der Waals surface area contributed by atoms with E-state index in [4.69, 9.17) is 11.6 Å². The van der Waals surface area contributed by atoms with E-state index in [0.717, 1.165) is 5.56 Å². The van der Waals surface area contributed by atoms with Crippen molar-refractivity contribution in [3.8, 4) is 0 Å². The highest BCUT2D eigenvalue weighted by Gasteiger charge is 2.17. The summed E-state index contributed by atoms with van der Waals surface area (Å²) in [5.41, 5.74) is 1.55. The lowest BCUT2D eigenvalue weighted by atomic mass is 10.2. The van der Waals surface area contributed by atoms with Crippen molar-refractivity contribution in [1.82, 2.24) is 14.9 Å². The van der Waals surface area contributed by atoms with Gasteiger partial charge in [-0.2, -0.15) is 5.10 Å². The maximum Gasteiger partial charge on any atom is 0.243 e. The Kier molecular flexibility index (Phi) is 4.24. The van der Waals surface area contributed by atoms with E-state index < -0.39 is 10.0 Å². The van der Waals surface area contributed by atoms with Crippen LogP contribution in [0.1, 0.15) is 11.3 Å². The lowest BCUT2D eigenvalue weighted by Crippen LogP contribution is -2.26. The van der Waals surface area contributed by atoms with Crippen LogP contribution in [0, 0.1) is 6.92 Å². The molecule has 0 aliphatic heterocycles. The molecule has 1 aromatic heterocycles. The number of nitrogens with one attached hydrogen (secondary N) is 2. The lowest BCUT2D eigenvalue weighted by Gasteiger charge is -2.06. The molecule has 2 rings (SSSR count). The smallest absolute Gasteiger partial charge is 0.243 e. The summed E-state index contributed by atoms with van der Waals surface area (Å²) in [4.78, 5) is 0.184. The van der Waals surface area contributed by atoms with Crippen molar-refractivity contribution in [3.63, 3.8) is 0 Å². The van der Waals surface area contributed by atoms with Gasteiger partial charge in [0.05, 0.1) is 11.9 Å². The number of aryl methyl sites for hydroxylation is 1. The number of rotatable bonds is 5. The third-order valence-corrected chi connectivity index (χ3v) is 4.52. The predicted molar refractivity (Wildman–Crippen MR) is 73.7 cm³/mol. The molecule has 0 bridgehead atoms. The maximum absolute atomic E-state index is 12.0. The summed E-state index contributed by atoms with van der Waals surface area (Å²) in [6, 6.07) is 7.32. The molecule has 0 spiro atoms. The molecule has 1 aromatic carbocycles. The van der Waals surface area contributed by atoms with Gasteiger partial charge in [0.15, 0.2) is 0 Å². The van der Waals surface area contributed by atoms with Gasteiger partial charge in [0.25, 0.3) is 0 Å². The average Bonchev–Trinajstić information content (AvgIpc) is 2.79. The van der Waals surface area contributed by atoms with E-state index in [-0.39, 0.29) is 4.90 Å². The maximum atomic E-state index is 12.0. The second kappa shape index (κ2) is 5.73. The molecule has 0 aliphatic carbocycles. The van der Waals surface area contributed by atoms with Crippen LogP contribution in [0.25, 0.3) is 0 Å². The summed E-state index contributed by atoms with van der Waals surface area (Å²) in [6.45, 7) is 2.00. The zero-order valence-corrected chi connectivity index (χ0v) is 11.9. The second-order valence-corrected chi connectivity index (χ2v) is 6.31. The fourth-order valence-corrected chi connectivity index (χ4v) is 2.96. The van der Waals surface area contributed by atoms with Gasteiger partial charge in [-0.1, -0.05) is 23.7 Å². The van der Waals surface area contributed by atoms with Crippen LogP contribution in [-0.4, -0.2) is 25.2 Å². The summed E-state index contributed by atoms with van der Waals surface area (Å²) in [7, 11) is -3.50. The first-order chi connectivity index (χ1) is 8.99. The Labute approximate surface area is 117 Å². The van der Waals surface area contributed by atoms with Gasteiger partial charge >= 0.3 is 0 Å². The molecule has 7 heteroatoms. The van der Waals surface area contributed by atoms with Crippen molar-refractivity contribution in [2.45, 2.75) is 18.2 Å². The van der Waals surface area contributed by atoms with Crippen molar-refractivity contribution in [3.05, 3.63) is 46.7 Å². The lowest BCUT2D eigenvalue weighted by molar-refractivity contribution is 0.581. The molecule has 2 aromatic rings. The minimum Gasteiger partial charge on any atom is -0.281 e. The summed E-state index contributed by atoms with van der Waals surface area (Å²) >= 11 is 5.78. The Balaban J connectivity index is 1.96. The molecule has 0 amide bonds. The van der Waals surface area contributed by atoms with Gasteiger partial charge in [-0.25, -0.2) is 13.1 Å². The molecule has 19 heavy (non-hydrogen) atoms. The Morgan fingerprint density at radius 2 is 2.00 bits per heavy atom. The van der Waals surface area contributed by atoms with Gasteiger partial charge in [-0.05, 0) is 31.0 Å². The Morgan fingerprint density at radius 3 is 2.58 bits per heavy atom. The van der Waals surface area contributed by atoms with Crippen LogP contribution in [0.3, 0.4) is 0 Å². The number of nitrogens with zero attached hydrogens (tertiary/aromatic N) is 1. The number of halogens is 1. The quantitative estimate of drug-likeness (QED) is 0.885. The first kappa shape index (κ1) is 14.0. The van der Waals surface area contributed by atoms with Gasteiger partial charge in [0, 0.05) is 11.6 Å². The SMILES string of the molecule is Cc1[nH]ncc1S(=O)(=O)NCCc1ccc(Cl)cc1. The van der Waals surface area contributed by atoms with E-state index in [9.17, 15) is 8.42 Å². The molecule has 0 aliphatic rings. The van der Waals surface area contributed by atoms with E-state index in [1.807, 2.05) is 12.1 Å². The molecule has 1 heterocycles. The number of sulfonamides is 1. The fraction of sp³-hybridized carbons (Fsp3) is 0.250. The zero-order valence-electron chi connectivity index (χ0n) is 10.4. The molecule has 0 fully saturated rings. The Bertz CT molecular complexity index is 650. The summed E-state index contributed by atoms with van der Waals surface area (Å²) in [5.74, 6) is 0. The number of H-pyrrole nitrogens is 1. The second-order valence-electron chi connectivity index (χ2n) is 4.13. The standard InChI is InChI=1S/C12H14ClN3O2S/c1-9-12(8-14-16-9)19(17,18)15-7-6-10-2-4-11(13)5-3-10/h2-5,8,15H,6-7H2,1H3,(H,14,16). The monoisotopic (exact) mass is 299 g/mol. The Morgan fingerprint density at radius 1 is 1.32 bits per heavy atom. The van der Waals surface area contributed by atoms with E-state index >= 15 is 0 Å². The largest absolute Gasteiger partial charge is 0.281 e. The average molecular weight is 300 g/mol. The van der Waals surface area contributed by atoms with Gasteiger partial charge in [0.1, 0.15) is 4.90 Å². The first-order valence-corrected chi connectivity index (χ1v) is 7.59. The number of hydrogen-bond donors (Lipinski definition) is 2. The fourth-order valence-electron chi connectivity index (χ4n) is 1.67. The summed E-state index contributed by atoms with van der Waals surface area (Å²) in [5, 5.41) is 6.98. The molecule has 0 radical (unpaired) electrons. The van der Waals surface area contributed by atoms with Crippen LogP contribution >= 0.6 is 11.6 Å². The Hall–Kier alpha value is -1.37. The topological polar surface area (TPSA) is 74.8 Å².